The highest BCUT2D eigenvalue weighted by Gasteiger charge is 2.20. The fourth-order valence-corrected chi connectivity index (χ4v) is 3.09. The predicted molar refractivity (Wildman–Crippen MR) is 98.4 cm³/mol. The van der Waals surface area contributed by atoms with Crippen molar-refractivity contribution in [2.45, 2.75) is 33.6 Å². The number of amides is 1. The number of rotatable bonds is 6. The van der Waals surface area contributed by atoms with Crippen LogP contribution >= 0.6 is 0 Å². The second-order valence-electron chi connectivity index (χ2n) is 6.60. The normalized spacial score (nSPS) is 15.0. The standard InChI is InChI=1S/C18H26N6O2/c1-12-10-13(2)24(23-12)17-11-16(21-14(3)22-17)19-6-7-20-18(25)15-4-8-26-9-5-15/h10-11,15H,4-9H2,1-3H3,(H,20,25)(H,19,21,22). The molecule has 2 N–H and O–H groups in total. The van der Waals surface area contributed by atoms with Crippen LogP contribution in [0.2, 0.25) is 0 Å². The number of aromatic nitrogens is 4. The summed E-state index contributed by atoms with van der Waals surface area (Å²) in [6.45, 7) is 8.30. The van der Waals surface area contributed by atoms with Gasteiger partial charge >= 0.3 is 0 Å². The molecule has 2 aromatic rings. The van der Waals surface area contributed by atoms with Crippen LogP contribution in [0.5, 0.6) is 0 Å². The minimum Gasteiger partial charge on any atom is -0.381 e. The van der Waals surface area contributed by atoms with Gasteiger partial charge in [-0.25, -0.2) is 14.6 Å². The number of hydrogen-bond acceptors (Lipinski definition) is 6. The summed E-state index contributed by atoms with van der Waals surface area (Å²) in [5.74, 6) is 2.31. The summed E-state index contributed by atoms with van der Waals surface area (Å²) in [5.41, 5.74) is 1.97. The zero-order valence-corrected chi connectivity index (χ0v) is 15.6. The van der Waals surface area contributed by atoms with Crippen molar-refractivity contribution in [3.63, 3.8) is 0 Å². The smallest absolute Gasteiger partial charge is 0.223 e. The molecule has 0 bridgehead atoms. The lowest BCUT2D eigenvalue weighted by atomic mass is 9.99. The summed E-state index contributed by atoms with van der Waals surface area (Å²) in [5, 5.41) is 10.7. The minimum atomic E-state index is 0.0719. The van der Waals surface area contributed by atoms with Gasteiger partial charge in [-0.15, -0.1) is 0 Å². The molecule has 1 aliphatic heterocycles. The van der Waals surface area contributed by atoms with E-state index in [9.17, 15) is 4.79 Å². The van der Waals surface area contributed by atoms with Crippen LogP contribution in [-0.2, 0) is 9.53 Å². The molecule has 0 unspecified atom stereocenters. The van der Waals surface area contributed by atoms with E-state index in [0.717, 1.165) is 35.9 Å². The van der Waals surface area contributed by atoms with Gasteiger partial charge in [0.15, 0.2) is 5.82 Å². The maximum atomic E-state index is 12.1. The summed E-state index contributed by atoms with van der Waals surface area (Å²) < 4.78 is 7.10. The van der Waals surface area contributed by atoms with Gasteiger partial charge in [-0.1, -0.05) is 0 Å². The molecule has 26 heavy (non-hydrogen) atoms. The van der Waals surface area contributed by atoms with Crippen molar-refractivity contribution in [2.75, 3.05) is 31.6 Å². The molecule has 1 amide bonds. The van der Waals surface area contributed by atoms with Crippen molar-refractivity contribution in [3.8, 4) is 5.82 Å². The zero-order chi connectivity index (χ0) is 18.5. The molecule has 0 aliphatic carbocycles. The van der Waals surface area contributed by atoms with E-state index >= 15 is 0 Å². The first-order valence-corrected chi connectivity index (χ1v) is 9.01. The van der Waals surface area contributed by atoms with Crippen molar-refractivity contribution in [1.29, 1.82) is 0 Å². The lowest BCUT2D eigenvalue weighted by Gasteiger charge is -2.21. The third-order valence-electron chi connectivity index (χ3n) is 4.37. The Labute approximate surface area is 153 Å². The number of nitrogens with zero attached hydrogens (tertiary/aromatic N) is 4. The molecule has 1 fully saturated rings. The van der Waals surface area contributed by atoms with Crippen LogP contribution in [0.25, 0.3) is 5.82 Å². The molecule has 0 spiro atoms. The molecule has 0 radical (unpaired) electrons. The Bertz CT molecular complexity index is 767. The lowest BCUT2D eigenvalue weighted by molar-refractivity contribution is -0.127. The number of aryl methyl sites for hydroxylation is 3. The van der Waals surface area contributed by atoms with Gasteiger partial charge in [-0.05, 0) is 39.7 Å². The topological polar surface area (TPSA) is 94.0 Å². The van der Waals surface area contributed by atoms with Gasteiger partial charge in [0.05, 0.1) is 5.69 Å². The third-order valence-corrected chi connectivity index (χ3v) is 4.37. The molecule has 8 nitrogen and oxygen atoms in total. The lowest BCUT2D eigenvalue weighted by Crippen LogP contribution is -2.36. The summed E-state index contributed by atoms with van der Waals surface area (Å²) >= 11 is 0. The van der Waals surface area contributed by atoms with E-state index in [-0.39, 0.29) is 11.8 Å². The first-order valence-electron chi connectivity index (χ1n) is 9.01. The highest BCUT2D eigenvalue weighted by molar-refractivity contribution is 5.78. The molecule has 140 valence electrons. The highest BCUT2D eigenvalue weighted by Crippen LogP contribution is 2.15. The molecule has 3 heterocycles. The van der Waals surface area contributed by atoms with Crippen molar-refractivity contribution >= 4 is 11.7 Å². The van der Waals surface area contributed by atoms with Crippen LogP contribution in [0.15, 0.2) is 12.1 Å². The van der Waals surface area contributed by atoms with Gasteiger partial charge in [0.1, 0.15) is 11.6 Å². The molecular weight excluding hydrogens is 332 g/mol. The van der Waals surface area contributed by atoms with Crippen molar-refractivity contribution in [3.05, 3.63) is 29.3 Å². The average Bonchev–Trinajstić information content (AvgIpc) is 2.97. The molecule has 0 saturated carbocycles. The van der Waals surface area contributed by atoms with Crippen LogP contribution in [0.3, 0.4) is 0 Å². The van der Waals surface area contributed by atoms with Gasteiger partial charge in [0.25, 0.3) is 0 Å². The molecule has 0 aromatic carbocycles. The Morgan fingerprint density at radius 2 is 1.96 bits per heavy atom. The number of anilines is 1. The predicted octanol–water partition coefficient (Wildman–Crippen LogP) is 1.54. The maximum absolute atomic E-state index is 12.1. The molecule has 1 saturated heterocycles. The first-order chi connectivity index (χ1) is 12.5. The fourth-order valence-electron chi connectivity index (χ4n) is 3.09. The van der Waals surface area contributed by atoms with Gasteiger partial charge < -0.3 is 15.4 Å². The van der Waals surface area contributed by atoms with E-state index in [1.54, 1.807) is 0 Å². The fraction of sp³-hybridized carbons (Fsp3) is 0.556. The monoisotopic (exact) mass is 358 g/mol. The highest BCUT2D eigenvalue weighted by atomic mass is 16.5. The Morgan fingerprint density at radius 1 is 1.19 bits per heavy atom. The molecular formula is C18H26N6O2. The van der Waals surface area contributed by atoms with E-state index in [2.05, 4.69) is 25.7 Å². The van der Waals surface area contributed by atoms with E-state index in [0.29, 0.717) is 32.1 Å². The number of hydrogen-bond donors (Lipinski definition) is 2. The number of carbonyl (C=O) groups excluding carboxylic acids is 1. The SMILES string of the molecule is Cc1cc(C)n(-c2cc(NCCNC(=O)C3CCOCC3)nc(C)n2)n1. The second kappa shape index (κ2) is 8.27. The molecule has 8 heteroatoms. The van der Waals surface area contributed by atoms with Gasteiger partial charge in [-0.3, -0.25) is 4.79 Å². The van der Waals surface area contributed by atoms with Crippen LogP contribution < -0.4 is 10.6 Å². The summed E-state index contributed by atoms with van der Waals surface area (Å²) in [6, 6.07) is 3.88. The third kappa shape index (κ3) is 4.57. The summed E-state index contributed by atoms with van der Waals surface area (Å²) in [6.07, 6.45) is 1.60. The Balaban J connectivity index is 1.55. The van der Waals surface area contributed by atoms with Gasteiger partial charge in [0, 0.05) is 44.0 Å². The van der Waals surface area contributed by atoms with E-state index < -0.39 is 0 Å². The van der Waals surface area contributed by atoms with Gasteiger partial charge in [-0.2, -0.15) is 5.10 Å². The van der Waals surface area contributed by atoms with Crippen molar-refractivity contribution in [1.82, 2.24) is 25.1 Å². The Hall–Kier alpha value is -2.48. The van der Waals surface area contributed by atoms with Gasteiger partial charge in [0.2, 0.25) is 5.91 Å². The van der Waals surface area contributed by atoms with Crippen LogP contribution in [0.4, 0.5) is 5.82 Å². The Morgan fingerprint density at radius 3 is 2.65 bits per heavy atom. The molecule has 2 aromatic heterocycles. The zero-order valence-electron chi connectivity index (χ0n) is 15.6. The number of nitrogens with one attached hydrogen (secondary N) is 2. The van der Waals surface area contributed by atoms with E-state index in [1.165, 1.54) is 0 Å². The van der Waals surface area contributed by atoms with E-state index in [1.807, 2.05) is 37.6 Å². The summed E-state index contributed by atoms with van der Waals surface area (Å²) in [7, 11) is 0. The number of ether oxygens (including phenoxy) is 1. The first kappa shape index (κ1) is 18.3. The minimum absolute atomic E-state index is 0.0719. The number of carbonyl (C=O) groups is 1. The summed E-state index contributed by atoms with van der Waals surface area (Å²) in [4.78, 5) is 21.0. The van der Waals surface area contributed by atoms with Crippen LogP contribution in [-0.4, -0.2) is 52.0 Å². The van der Waals surface area contributed by atoms with Crippen molar-refractivity contribution in [2.24, 2.45) is 5.92 Å². The average molecular weight is 358 g/mol. The van der Waals surface area contributed by atoms with Crippen molar-refractivity contribution < 1.29 is 9.53 Å². The molecule has 1 aliphatic rings. The van der Waals surface area contributed by atoms with E-state index in [4.69, 9.17) is 4.74 Å². The Kier molecular flexibility index (Phi) is 5.82. The maximum Gasteiger partial charge on any atom is 0.223 e. The van der Waals surface area contributed by atoms with Crippen LogP contribution in [0.1, 0.15) is 30.1 Å². The van der Waals surface area contributed by atoms with Crippen LogP contribution in [0, 0.1) is 26.7 Å². The molecule has 0 atom stereocenters. The second-order valence-corrected chi connectivity index (χ2v) is 6.60. The largest absolute Gasteiger partial charge is 0.381 e. The molecule has 3 rings (SSSR count). The quantitative estimate of drug-likeness (QED) is 0.761.